The molecule has 17 heavy (non-hydrogen) atoms. The molecule has 0 aromatic heterocycles. The Bertz CT molecular complexity index is 258. The van der Waals surface area contributed by atoms with Crippen LogP contribution in [-0.4, -0.2) is 12.1 Å². The van der Waals surface area contributed by atoms with Crippen LogP contribution in [0, 0.1) is 17.3 Å². The molecule has 0 aliphatic heterocycles. The van der Waals surface area contributed by atoms with Gasteiger partial charge in [-0.3, -0.25) is 0 Å². The Kier molecular flexibility index (Phi) is 3.87. The van der Waals surface area contributed by atoms with Gasteiger partial charge >= 0.3 is 0 Å². The average molecular weight is 237 g/mol. The molecule has 0 heterocycles. The fourth-order valence-electron chi connectivity index (χ4n) is 4.38. The molecule has 0 amide bonds. The molecule has 1 N–H and O–H groups in total. The summed E-state index contributed by atoms with van der Waals surface area (Å²) in [5.74, 6) is 1.91. The minimum absolute atomic E-state index is 0.405. The van der Waals surface area contributed by atoms with E-state index in [4.69, 9.17) is 0 Å². The van der Waals surface area contributed by atoms with Crippen LogP contribution in [0.5, 0.6) is 0 Å². The van der Waals surface area contributed by atoms with Crippen LogP contribution >= 0.6 is 0 Å². The number of hydrogen-bond acceptors (Lipinski definition) is 1. The van der Waals surface area contributed by atoms with Crippen LogP contribution in [0.25, 0.3) is 0 Å². The molecule has 0 spiro atoms. The second kappa shape index (κ2) is 4.91. The summed E-state index contributed by atoms with van der Waals surface area (Å²) in [4.78, 5) is 0. The van der Waals surface area contributed by atoms with Gasteiger partial charge in [0.15, 0.2) is 0 Å². The highest BCUT2D eigenvalue weighted by Gasteiger charge is 2.59. The van der Waals surface area contributed by atoms with E-state index >= 15 is 0 Å². The summed E-state index contributed by atoms with van der Waals surface area (Å²) < 4.78 is 0. The van der Waals surface area contributed by atoms with E-state index in [1.54, 1.807) is 0 Å². The molecule has 0 aromatic rings. The predicted octanol–water partition coefficient (Wildman–Crippen LogP) is 4.37. The van der Waals surface area contributed by atoms with E-state index in [-0.39, 0.29) is 0 Å². The molecule has 0 saturated heterocycles. The Labute approximate surface area is 108 Å². The standard InChI is InChI=1S/C16H31N/c1-5-6-7-8-11-17-16(4)14-10-9-13(12-14)15(16,2)3/h13-14,17H,5-12H2,1-4H3. The third-order valence-electron chi connectivity index (χ3n) is 6.13. The second-order valence-corrected chi connectivity index (χ2v) is 7.12. The van der Waals surface area contributed by atoms with E-state index in [2.05, 4.69) is 33.0 Å². The van der Waals surface area contributed by atoms with Gasteiger partial charge in [-0.15, -0.1) is 0 Å². The summed E-state index contributed by atoms with van der Waals surface area (Å²) in [5, 5.41) is 3.94. The zero-order chi connectivity index (χ0) is 12.5. The molecule has 0 radical (unpaired) electrons. The van der Waals surface area contributed by atoms with Crippen molar-refractivity contribution in [2.45, 2.75) is 78.2 Å². The Morgan fingerprint density at radius 3 is 2.29 bits per heavy atom. The smallest absolute Gasteiger partial charge is 0.0235 e. The van der Waals surface area contributed by atoms with Crippen LogP contribution in [0.1, 0.15) is 72.6 Å². The van der Waals surface area contributed by atoms with Gasteiger partial charge < -0.3 is 5.32 Å². The Hall–Kier alpha value is -0.0400. The maximum Gasteiger partial charge on any atom is 0.0235 e. The van der Waals surface area contributed by atoms with Crippen molar-refractivity contribution in [3.63, 3.8) is 0 Å². The van der Waals surface area contributed by atoms with Crippen LogP contribution in [0.4, 0.5) is 0 Å². The fraction of sp³-hybridized carbons (Fsp3) is 1.00. The topological polar surface area (TPSA) is 12.0 Å². The molecule has 3 unspecified atom stereocenters. The first-order valence-corrected chi connectivity index (χ1v) is 7.77. The quantitative estimate of drug-likeness (QED) is 0.676. The lowest BCUT2D eigenvalue weighted by atomic mass is 9.64. The number of fused-ring (bicyclic) bond motifs is 2. The molecular formula is C16H31N. The van der Waals surface area contributed by atoms with E-state index in [0.717, 1.165) is 11.8 Å². The number of unbranched alkanes of at least 4 members (excludes halogenated alkanes) is 3. The van der Waals surface area contributed by atoms with Gasteiger partial charge in [0, 0.05) is 5.54 Å². The van der Waals surface area contributed by atoms with Gasteiger partial charge in [0.1, 0.15) is 0 Å². The summed E-state index contributed by atoms with van der Waals surface area (Å²) >= 11 is 0. The van der Waals surface area contributed by atoms with Crippen LogP contribution in [0.15, 0.2) is 0 Å². The van der Waals surface area contributed by atoms with E-state index in [1.807, 2.05) is 0 Å². The van der Waals surface area contributed by atoms with Crippen molar-refractivity contribution in [2.75, 3.05) is 6.54 Å². The van der Waals surface area contributed by atoms with E-state index < -0.39 is 0 Å². The SMILES string of the molecule is CCCCCCNC1(C)C2CCC(C2)C1(C)C. The molecular weight excluding hydrogens is 206 g/mol. The molecule has 2 saturated carbocycles. The van der Waals surface area contributed by atoms with Crippen molar-refractivity contribution in [3.8, 4) is 0 Å². The van der Waals surface area contributed by atoms with E-state index in [0.29, 0.717) is 11.0 Å². The first kappa shape index (κ1) is 13.4. The highest BCUT2D eigenvalue weighted by Crippen LogP contribution is 2.61. The fourth-order valence-corrected chi connectivity index (χ4v) is 4.38. The Morgan fingerprint density at radius 2 is 1.71 bits per heavy atom. The first-order valence-electron chi connectivity index (χ1n) is 7.77. The van der Waals surface area contributed by atoms with Crippen LogP contribution < -0.4 is 5.32 Å². The zero-order valence-corrected chi connectivity index (χ0v) is 12.3. The lowest BCUT2D eigenvalue weighted by Crippen LogP contribution is -2.57. The van der Waals surface area contributed by atoms with Crippen LogP contribution in [0.3, 0.4) is 0 Å². The molecule has 2 fully saturated rings. The molecule has 2 aliphatic rings. The maximum absolute atomic E-state index is 3.94. The van der Waals surface area contributed by atoms with Gasteiger partial charge in [-0.05, 0) is 56.4 Å². The Balaban J connectivity index is 1.86. The van der Waals surface area contributed by atoms with Crippen molar-refractivity contribution < 1.29 is 0 Å². The molecule has 3 atom stereocenters. The van der Waals surface area contributed by atoms with Gasteiger partial charge in [0.25, 0.3) is 0 Å². The largest absolute Gasteiger partial charge is 0.311 e. The van der Waals surface area contributed by atoms with Crippen molar-refractivity contribution in [3.05, 3.63) is 0 Å². The summed E-state index contributed by atoms with van der Waals surface area (Å²) in [5.41, 5.74) is 0.906. The lowest BCUT2D eigenvalue weighted by molar-refractivity contribution is 0.0658. The van der Waals surface area contributed by atoms with Crippen molar-refractivity contribution in [1.82, 2.24) is 5.32 Å². The second-order valence-electron chi connectivity index (χ2n) is 7.12. The van der Waals surface area contributed by atoms with Gasteiger partial charge in [0.05, 0.1) is 0 Å². The highest BCUT2D eigenvalue weighted by molar-refractivity contribution is 5.14. The highest BCUT2D eigenvalue weighted by atomic mass is 15.0. The summed E-state index contributed by atoms with van der Waals surface area (Å²) in [6.07, 6.45) is 9.91. The van der Waals surface area contributed by atoms with Crippen molar-refractivity contribution in [2.24, 2.45) is 17.3 Å². The molecule has 1 nitrogen and oxygen atoms in total. The normalized spacial score (nSPS) is 38.8. The molecule has 2 rings (SSSR count). The van der Waals surface area contributed by atoms with Gasteiger partial charge in [0.2, 0.25) is 0 Å². The number of hydrogen-bond donors (Lipinski definition) is 1. The molecule has 1 heteroatoms. The average Bonchev–Trinajstić information content (AvgIpc) is 2.83. The predicted molar refractivity (Wildman–Crippen MR) is 75.2 cm³/mol. The van der Waals surface area contributed by atoms with Crippen molar-refractivity contribution in [1.29, 1.82) is 0 Å². The third-order valence-corrected chi connectivity index (χ3v) is 6.13. The molecule has 0 aromatic carbocycles. The van der Waals surface area contributed by atoms with E-state index in [9.17, 15) is 0 Å². The minimum Gasteiger partial charge on any atom is -0.311 e. The molecule has 2 bridgehead atoms. The van der Waals surface area contributed by atoms with Crippen molar-refractivity contribution >= 4 is 0 Å². The lowest BCUT2D eigenvalue weighted by Gasteiger charge is -2.48. The van der Waals surface area contributed by atoms with Crippen LogP contribution in [-0.2, 0) is 0 Å². The maximum atomic E-state index is 3.94. The molecule has 100 valence electrons. The first-order chi connectivity index (χ1) is 8.02. The zero-order valence-electron chi connectivity index (χ0n) is 12.3. The summed E-state index contributed by atoms with van der Waals surface area (Å²) in [7, 11) is 0. The summed E-state index contributed by atoms with van der Waals surface area (Å²) in [6.45, 7) is 11.0. The Morgan fingerprint density at radius 1 is 1.00 bits per heavy atom. The molecule has 2 aliphatic carbocycles. The number of rotatable bonds is 6. The van der Waals surface area contributed by atoms with Crippen LogP contribution in [0.2, 0.25) is 0 Å². The minimum atomic E-state index is 0.405. The third kappa shape index (κ3) is 2.16. The van der Waals surface area contributed by atoms with Gasteiger partial charge in [-0.25, -0.2) is 0 Å². The number of nitrogens with one attached hydrogen (secondary N) is 1. The van der Waals surface area contributed by atoms with E-state index in [1.165, 1.54) is 51.5 Å². The monoisotopic (exact) mass is 237 g/mol. The van der Waals surface area contributed by atoms with Gasteiger partial charge in [-0.1, -0.05) is 40.0 Å². The van der Waals surface area contributed by atoms with Gasteiger partial charge in [-0.2, -0.15) is 0 Å². The summed E-state index contributed by atoms with van der Waals surface area (Å²) in [6, 6.07) is 0.